The minimum atomic E-state index is -0.310. The monoisotopic (exact) mass is 472 g/mol. The number of carbonyl (C=O) groups excluding carboxylic acids is 1. The summed E-state index contributed by atoms with van der Waals surface area (Å²) in [4.78, 5) is 15.0. The molecule has 1 aliphatic rings. The van der Waals surface area contributed by atoms with Crippen molar-refractivity contribution >= 4 is 22.6 Å². The first kappa shape index (κ1) is 23.0. The van der Waals surface area contributed by atoms with Gasteiger partial charge in [-0.3, -0.25) is 4.79 Å². The van der Waals surface area contributed by atoms with Crippen molar-refractivity contribution in [2.45, 2.75) is 40.2 Å². The van der Waals surface area contributed by atoms with Gasteiger partial charge in [0.15, 0.2) is 5.82 Å². The van der Waals surface area contributed by atoms with Crippen LogP contribution in [0.1, 0.15) is 35.4 Å². The SMILES string of the molecule is Cc1ccc(-n2nc3c(N4CCC[C@H](C(=O)NCc5ccccc5F)C4)nnc(C)c3c2C)cc1. The molecule has 1 N–H and O–H groups in total. The molecule has 2 aromatic heterocycles. The Labute approximate surface area is 204 Å². The van der Waals surface area contributed by atoms with E-state index in [2.05, 4.69) is 51.6 Å². The van der Waals surface area contributed by atoms with Crippen LogP contribution in [0.5, 0.6) is 0 Å². The van der Waals surface area contributed by atoms with Gasteiger partial charge in [0.05, 0.1) is 28.4 Å². The number of amides is 1. The highest BCUT2D eigenvalue weighted by atomic mass is 19.1. The Kier molecular flexibility index (Phi) is 6.19. The zero-order valence-corrected chi connectivity index (χ0v) is 20.3. The molecule has 0 unspecified atom stereocenters. The average Bonchev–Trinajstić information content (AvgIpc) is 3.22. The molecule has 0 bridgehead atoms. The summed E-state index contributed by atoms with van der Waals surface area (Å²) in [6.45, 7) is 7.53. The number of carbonyl (C=O) groups is 1. The van der Waals surface area contributed by atoms with E-state index in [4.69, 9.17) is 5.10 Å². The molecule has 0 radical (unpaired) electrons. The van der Waals surface area contributed by atoms with Gasteiger partial charge >= 0.3 is 0 Å². The van der Waals surface area contributed by atoms with E-state index >= 15 is 0 Å². The Morgan fingerprint density at radius 1 is 1.09 bits per heavy atom. The fourth-order valence-electron chi connectivity index (χ4n) is 4.81. The molecule has 0 aliphatic carbocycles. The summed E-state index contributed by atoms with van der Waals surface area (Å²) >= 11 is 0. The fourth-order valence-corrected chi connectivity index (χ4v) is 4.81. The number of rotatable bonds is 5. The normalized spacial score (nSPS) is 16.0. The van der Waals surface area contributed by atoms with Crippen LogP contribution in [-0.4, -0.2) is 39.0 Å². The minimum absolute atomic E-state index is 0.0735. The van der Waals surface area contributed by atoms with Gasteiger partial charge in [0.25, 0.3) is 0 Å². The fraction of sp³-hybridized carbons (Fsp3) is 0.333. The van der Waals surface area contributed by atoms with Crippen LogP contribution in [0.25, 0.3) is 16.6 Å². The molecule has 1 fully saturated rings. The van der Waals surface area contributed by atoms with E-state index in [9.17, 15) is 9.18 Å². The Bertz CT molecular complexity index is 1380. The Hall–Kier alpha value is -3.81. The van der Waals surface area contributed by atoms with E-state index in [1.807, 2.05) is 18.5 Å². The van der Waals surface area contributed by atoms with Gasteiger partial charge in [-0.05, 0) is 51.8 Å². The third kappa shape index (κ3) is 4.48. The molecule has 7 nitrogen and oxygen atoms in total. The van der Waals surface area contributed by atoms with E-state index in [0.717, 1.165) is 47.4 Å². The van der Waals surface area contributed by atoms with Gasteiger partial charge in [-0.25, -0.2) is 9.07 Å². The van der Waals surface area contributed by atoms with Crippen molar-refractivity contribution in [1.82, 2.24) is 25.3 Å². The maximum absolute atomic E-state index is 13.9. The lowest BCUT2D eigenvalue weighted by molar-refractivity contribution is -0.125. The maximum Gasteiger partial charge on any atom is 0.225 e. The van der Waals surface area contributed by atoms with E-state index < -0.39 is 0 Å². The molecule has 180 valence electrons. The van der Waals surface area contributed by atoms with Gasteiger partial charge in [0.2, 0.25) is 5.91 Å². The molecular weight excluding hydrogens is 443 g/mol. The second kappa shape index (κ2) is 9.44. The van der Waals surface area contributed by atoms with E-state index in [0.29, 0.717) is 17.9 Å². The van der Waals surface area contributed by atoms with E-state index in [-0.39, 0.29) is 24.2 Å². The van der Waals surface area contributed by atoms with Crippen LogP contribution < -0.4 is 10.2 Å². The largest absolute Gasteiger partial charge is 0.352 e. The Morgan fingerprint density at radius 2 is 1.86 bits per heavy atom. The standard InChI is InChI=1S/C27H29FN6O/c1-17-10-12-22(13-11-17)34-19(3)24-18(2)30-31-26(25(24)32-34)33-14-6-8-21(16-33)27(35)29-15-20-7-4-5-9-23(20)28/h4-5,7,9-13,21H,6,8,14-16H2,1-3H3,(H,29,35)/t21-/m0/s1. The lowest BCUT2D eigenvalue weighted by atomic mass is 9.97. The van der Waals surface area contributed by atoms with Gasteiger partial charge in [0.1, 0.15) is 11.3 Å². The molecule has 1 atom stereocenters. The highest BCUT2D eigenvalue weighted by Gasteiger charge is 2.29. The second-order valence-electron chi connectivity index (χ2n) is 9.26. The molecule has 5 rings (SSSR count). The first-order chi connectivity index (χ1) is 16.9. The minimum Gasteiger partial charge on any atom is -0.352 e. The van der Waals surface area contributed by atoms with Gasteiger partial charge in [0, 0.05) is 25.2 Å². The van der Waals surface area contributed by atoms with Crippen molar-refractivity contribution in [2.24, 2.45) is 5.92 Å². The van der Waals surface area contributed by atoms with Crippen LogP contribution in [0.4, 0.5) is 10.2 Å². The van der Waals surface area contributed by atoms with E-state index in [1.165, 1.54) is 11.6 Å². The topological polar surface area (TPSA) is 75.9 Å². The first-order valence-corrected chi connectivity index (χ1v) is 12.0. The van der Waals surface area contributed by atoms with Gasteiger partial charge in [-0.15, -0.1) is 5.10 Å². The molecule has 2 aromatic carbocycles. The van der Waals surface area contributed by atoms with Crippen LogP contribution in [0.15, 0.2) is 48.5 Å². The number of benzene rings is 2. The average molecular weight is 473 g/mol. The predicted molar refractivity (Wildman–Crippen MR) is 134 cm³/mol. The molecule has 4 aromatic rings. The Morgan fingerprint density at radius 3 is 2.63 bits per heavy atom. The highest BCUT2D eigenvalue weighted by Crippen LogP contribution is 2.31. The molecule has 0 saturated carbocycles. The van der Waals surface area contributed by atoms with Crippen LogP contribution >= 0.6 is 0 Å². The molecule has 1 amide bonds. The number of hydrogen-bond donors (Lipinski definition) is 1. The molecule has 35 heavy (non-hydrogen) atoms. The number of nitrogens with one attached hydrogen (secondary N) is 1. The summed E-state index contributed by atoms with van der Waals surface area (Å²) in [5.41, 5.74) is 5.29. The second-order valence-corrected chi connectivity index (χ2v) is 9.26. The lowest BCUT2D eigenvalue weighted by Crippen LogP contribution is -2.43. The highest BCUT2D eigenvalue weighted by molar-refractivity contribution is 5.92. The Balaban J connectivity index is 1.40. The quantitative estimate of drug-likeness (QED) is 0.466. The maximum atomic E-state index is 13.9. The number of anilines is 1. The van der Waals surface area contributed by atoms with Crippen molar-refractivity contribution in [3.8, 4) is 5.69 Å². The number of nitrogens with zero attached hydrogens (tertiary/aromatic N) is 5. The van der Waals surface area contributed by atoms with Crippen LogP contribution in [0.3, 0.4) is 0 Å². The van der Waals surface area contributed by atoms with Gasteiger partial charge in [-0.2, -0.15) is 10.2 Å². The summed E-state index contributed by atoms with van der Waals surface area (Å²) in [5.74, 6) is 0.102. The van der Waals surface area contributed by atoms with Gasteiger partial charge < -0.3 is 10.2 Å². The lowest BCUT2D eigenvalue weighted by Gasteiger charge is -2.32. The molecule has 8 heteroatoms. The summed E-state index contributed by atoms with van der Waals surface area (Å²) < 4.78 is 15.9. The molecule has 0 spiro atoms. The van der Waals surface area contributed by atoms with Crippen molar-refractivity contribution in [1.29, 1.82) is 0 Å². The molecule has 1 saturated heterocycles. The molecule has 1 aliphatic heterocycles. The smallest absolute Gasteiger partial charge is 0.225 e. The van der Waals surface area contributed by atoms with Crippen molar-refractivity contribution in [2.75, 3.05) is 18.0 Å². The van der Waals surface area contributed by atoms with Crippen LogP contribution in [0, 0.1) is 32.5 Å². The molecule has 3 heterocycles. The zero-order valence-electron chi connectivity index (χ0n) is 20.3. The predicted octanol–water partition coefficient (Wildman–Crippen LogP) is 4.41. The summed E-state index contributed by atoms with van der Waals surface area (Å²) in [7, 11) is 0. The van der Waals surface area contributed by atoms with Crippen LogP contribution in [-0.2, 0) is 11.3 Å². The summed E-state index contributed by atoms with van der Waals surface area (Å²) in [6, 6.07) is 14.8. The number of aromatic nitrogens is 4. The van der Waals surface area contributed by atoms with E-state index in [1.54, 1.807) is 18.2 Å². The number of aryl methyl sites for hydroxylation is 3. The number of fused-ring (bicyclic) bond motifs is 1. The van der Waals surface area contributed by atoms with Crippen LogP contribution in [0.2, 0.25) is 0 Å². The molecular formula is C27H29FN6O. The third-order valence-corrected chi connectivity index (χ3v) is 6.77. The van der Waals surface area contributed by atoms with Crippen molar-refractivity contribution in [3.05, 3.63) is 76.9 Å². The summed E-state index contributed by atoms with van der Waals surface area (Å²) in [5, 5.41) is 17.8. The van der Waals surface area contributed by atoms with Gasteiger partial charge in [-0.1, -0.05) is 35.9 Å². The number of hydrogen-bond acceptors (Lipinski definition) is 5. The number of halogens is 1. The van der Waals surface area contributed by atoms with Crippen molar-refractivity contribution in [3.63, 3.8) is 0 Å². The first-order valence-electron chi connectivity index (χ1n) is 12.0. The third-order valence-electron chi connectivity index (χ3n) is 6.77. The van der Waals surface area contributed by atoms with Crippen molar-refractivity contribution < 1.29 is 9.18 Å². The zero-order chi connectivity index (χ0) is 24.5. The number of piperidine rings is 1. The summed E-state index contributed by atoms with van der Waals surface area (Å²) in [6.07, 6.45) is 1.63.